The average Bonchev–Trinajstić information content (AvgIpc) is 2.89. The monoisotopic (exact) mass is 248 g/mol. The summed E-state index contributed by atoms with van der Waals surface area (Å²) in [5.74, 6) is -0.328. The first-order valence-corrected chi connectivity index (χ1v) is 6.27. The molecule has 1 aromatic carbocycles. The standard InChI is InChI=1S/C14H20N2O2/c1-4-18-13(17)10-7-9(15)5-6-11(10)16-12-8-14(12,2)3/h5-7,12,16H,4,8,15H2,1-3H3. The Hall–Kier alpha value is -1.71. The summed E-state index contributed by atoms with van der Waals surface area (Å²) in [7, 11) is 0. The normalized spacial score (nSPS) is 20.3. The minimum Gasteiger partial charge on any atom is -0.462 e. The minimum atomic E-state index is -0.328. The highest BCUT2D eigenvalue weighted by Gasteiger charge is 2.45. The van der Waals surface area contributed by atoms with Crippen LogP contribution in [0.5, 0.6) is 0 Å². The first-order chi connectivity index (χ1) is 8.44. The molecule has 0 aromatic heterocycles. The number of anilines is 2. The summed E-state index contributed by atoms with van der Waals surface area (Å²) in [5.41, 5.74) is 7.91. The Kier molecular flexibility index (Phi) is 3.20. The number of hydrogen-bond acceptors (Lipinski definition) is 4. The van der Waals surface area contributed by atoms with E-state index in [1.54, 1.807) is 19.1 Å². The van der Waals surface area contributed by atoms with Crippen LogP contribution in [0.15, 0.2) is 18.2 Å². The largest absolute Gasteiger partial charge is 0.462 e. The van der Waals surface area contributed by atoms with Crippen molar-refractivity contribution < 1.29 is 9.53 Å². The maximum Gasteiger partial charge on any atom is 0.340 e. The van der Waals surface area contributed by atoms with Gasteiger partial charge in [-0.05, 0) is 37.0 Å². The van der Waals surface area contributed by atoms with E-state index >= 15 is 0 Å². The van der Waals surface area contributed by atoms with Crippen LogP contribution in [-0.2, 0) is 4.74 Å². The SMILES string of the molecule is CCOC(=O)c1cc(N)ccc1NC1CC1(C)C. The van der Waals surface area contributed by atoms with Gasteiger partial charge >= 0.3 is 5.97 Å². The first kappa shape index (κ1) is 12.7. The lowest BCUT2D eigenvalue weighted by Crippen LogP contribution is -2.14. The lowest BCUT2D eigenvalue weighted by molar-refractivity contribution is 0.0527. The van der Waals surface area contributed by atoms with Gasteiger partial charge in [0.15, 0.2) is 0 Å². The van der Waals surface area contributed by atoms with Crippen molar-refractivity contribution >= 4 is 17.3 Å². The molecule has 1 aromatic rings. The molecule has 1 saturated carbocycles. The maximum atomic E-state index is 11.9. The van der Waals surface area contributed by atoms with Crippen LogP contribution < -0.4 is 11.1 Å². The van der Waals surface area contributed by atoms with Crippen molar-refractivity contribution in [1.29, 1.82) is 0 Å². The number of nitrogens with two attached hydrogens (primary N) is 1. The van der Waals surface area contributed by atoms with Crippen LogP contribution in [0.1, 0.15) is 37.6 Å². The summed E-state index contributed by atoms with van der Waals surface area (Å²) in [5, 5.41) is 3.38. The molecule has 0 saturated heterocycles. The van der Waals surface area contributed by atoms with Crippen molar-refractivity contribution in [3.63, 3.8) is 0 Å². The molecule has 0 radical (unpaired) electrons. The number of carbonyl (C=O) groups is 1. The van der Waals surface area contributed by atoms with Crippen LogP contribution in [0.25, 0.3) is 0 Å². The molecule has 4 heteroatoms. The summed E-state index contributed by atoms with van der Waals surface area (Å²) < 4.78 is 5.04. The van der Waals surface area contributed by atoms with Crippen LogP contribution in [0, 0.1) is 5.41 Å². The zero-order valence-corrected chi connectivity index (χ0v) is 11.1. The highest BCUT2D eigenvalue weighted by molar-refractivity contribution is 5.96. The van der Waals surface area contributed by atoms with Gasteiger partial charge in [-0.15, -0.1) is 0 Å². The van der Waals surface area contributed by atoms with E-state index in [0.717, 1.165) is 12.1 Å². The number of carbonyl (C=O) groups excluding carboxylic acids is 1. The van der Waals surface area contributed by atoms with Crippen molar-refractivity contribution in [3.05, 3.63) is 23.8 Å². The molecular formula is C14H20N2O2. The zero-order chi connectivity index (χ0) is 13.3. The van der Waals surface area contributed by atoms with E-state index in [4.69, 9.17) is 10.5 Å². The Morgan fingerprint density at radius 3 is 2.78 bits per heavy atom. The predicted molar refractivity (Wildman–Crippen MR) is 72.6 cm³/mol. The fourth-order valence-corrected chi connectivity index (χ4v) is 1.97. The van der Waals surface area contributed by atoms with Crippen molar-refractivity contribution in [2.24, 2.45) is 5.41 Å². The van der Waals surface area contributed by atoms with E-state index in [0.29, 0.717) is 29.3 Å². The number of nitrogen functional groups attached to an aromatic ring is 1. The van der Waals surface area contributed by atoms with Gasteiger partial charge < -0.3 is 15.8 Å². The smallest absolute Gasteiger partial charge is 0.340 e. The first-order valence-electron chi connectivity index (χ1n) is 6.27. The van der Waals surface area contributed by atoms with E-state index < -0.39 is 0 Å². The topological polar surface area (TPSA) is 64.3 Å². The second kappa shape index (κ2) is 4.52. The summed E-state index contributed by atoms with van der Waals surface area (Å²) >= 11 is 0. The molecule has 1 atom stereocenters. The van der Waals surface area contributed by atoms with Crippen molar-refractivity contribution in [3.8, 4) is 0 Å². The highest BCUT2D eigenvalue weighted by Crippen LogP contribution is 2.46. The maximum absolute atomic E-state index is 11.9. The van der Waals surface area contributed by atoms with Crippen LogP contribution in [0.2, 0.25) is 0 Å². The van der Waals surface area contributed by atoms with E-state index in [1.165, 1.54) is 0 Å². The summed E-state index contributed by atoms with van der Waals surface area (Å²) in [6.07, 6.45) is 1.11. The van der Waals surface area contributed by atoms with Gasteiger partial charge in [-0.3, -0.25) is 0 Å². The molecule has 0 spiro atoms. The van der Waals surface area contributed by atoms with E-state index in [9.17, 15) is 4.79 Å². The molecule has 3 N–H and O–H groups in total. The quantitative estimate of drug-likeness (QED) is 0.635. The Morgan fingerprint density at radius 1 is 1.56 bits per heavy atom. The molecule has 18 heavy (non-hydrogen) atoms. The molecule has 98 valence electrons. The molecule has 0 heterocycles. The number of esters is 1. The Labute approximate surface area is 108 Å². The van der Waals surface area contributed by atoms with Gasteiger partial charge in [0.25, 0.3) is 0 Å². The van der Waals surface area contributed by atoms with Gasteiger partial charge in [-0.2, -0.15) is 0 Å². The molecule has 1 aliphatic carbocycles. The van der Waals surface area contributed by atoms with Crippen LogP contribution in [0.4, 0.5) is 11.4 Å². The molecule has 0 aliphatic heterocycles. The van der Waals surface area contributed by atoms with Crippen molar-refractivity contribution in [2.45, 2.75) is 33.2 Å². The van der Waals surface area contributed by atoms with Crippen LogP contribution in [0.3, 0.4) is 0 Å². The predicted octanol–water partition coefficient (Wildman–Crippen LogP) is 2.66. The van der Waals surface area contributed by atoms with Gasteiger partial charge in [-0.1, -0.05) is 13.8 Å². The Bertz CT molecular complexity index is 469. The van der Waals surface area contributed by atoms with Gasteiger partial charge in [0.2, 0.25) is 0 Å². The molecule has 1 fully saturated rings. The number of hydrogen-bond donors (Lipinski definition) is 2. The highest BCUT2D eigenvalue weighted by atomic mass is 16.5. The van der Waals surface area contributed by atoms with Gasteiger partial charge in [0.05, 0.1) is 12.2 Å². The molecule has 1 aliphatic rings. The third kappa shape index (κ3) is 2.58. The number of rotatable bonds is 4. The van der Waals surface area contributed by atoms with Crippen LogP contribution in [-0.4, -0.2) is 18.6 Å². The Morgan fingerprint density at radius 2 is 2.22 bits per heavy atom. The van der Waals surface area contributed by atoms with Crippen molar-refractivity contribution in [2.75, 3.05) is 17.7 Å². The molecule has 1 unspecified atom stereocenters. The second-order valence-electron chi connectivity index (χ2n) is 5.42. The van der Waals surface area contributed by atoms with E-state index in [1.807, 2.05) is 6.07 Å². The van der Waals surface area contributed by atoms with Gasteiger partial charge in [-0.25, -0.2) is 4.79 Å². The Balaban J connectivity index is 2.21. The second-order valence-corrected chi connectivity index (χ2v) is 5.42. The minimum absolute atomic E-state index is 0.299. The zero-order valence-electron chi connectivity index (χ0n) is 11.1. The van der Waals surface area contributed by atoms with Gasteiger partial charge in [0, 0.05) is 17.4 Å². The lowest BCUT2D eigenvalue weighted by Gasteiger charge is -2.13. The van der Waals surface area contributed by atoms with Gasteiger partial charge in [0.1, 0.15) is 0 Å². The summed E-state index contributed by atoms with van der Waals surface area (Å²) in [6.45, 7) is 6.56. The van der Waals surface area contributed by atoms with Crippen molar-refractivity contribution in [1.82, 2.24) is 0 Å². The lowest BCUT2D eigenvalue weighted by atomic mass is 10.1. The summed E-state index contributed by atoms with van der Waals surface area (Å²) in [6, 6.07) is 5.71. The number of benzene rings is 1. The van der Waals surface area contributed by atoms with E-state index in [2.05, 4.69) is 19.2 Å². The molecule has 4 nitrogen and oxygen atoms in total. The average molecular weight is 248 g/mol. The van der Waals surface area contributed by atoms with Crippen LogP contribution >= 0.6 is 0 Å². The third-order valence-electron chi connectivity index (χ3n) is 3.38. The van der Waals surface area contributed by atoms with E-state index in [-0.39, 0.29) is 5.97 Å². The number of ether oxygens (including phenoxy) is 1. The molecule has 0 amide bonds. The molecular weight excluding hydrogens is 228 g/mol. The molecule has 2 rings (SSSR count). The third-order valence-corrected chi connectivity index (χ3v) is 3.38. The summed E-state index contributed by atoms with van der Waals surface area (Å²) in [4.78, 5) is 11.9. The fraction of sp³-hybridized carbons (Fsp3) is 0.500. The number of nitrogens with one attached hydrogen (secondary N) is 1. The fourth-order valence-electron chi connectivity index (χ4n) is 1.97. The molecule has 0 bridgehead atoms.